The molecule has 1 aromatic carbocycles. The number of benzene rings is 1. The summed E-state index contributed by atoms with van der Waals surface area (Å²) in [5.41, 5.74) is 7.71. The fourth-order valence-electron chi connectivity index (χ4n) is 3.57. The van der Waals surface area contributed by atoms with Crippen LogP contribution in [0, 0.1) is 0 Å². The van der Waals surface area contributed by atoms with Crippen molar-refractivity contribution in [2.24, 2.45) is 5.73 Å². The van der Waals surface area contributed by atoms with E-state index in [1.807, 2.05) is 22.8 Å². The predicted octanol–water partition coefficient (Wildman–Crippen LogP) is 2.52. The molecule has 0 radical (unpaired) electrons. The molecule has 0 spiro atoms. The molecule has 130 valence electrons. The van der Waals surface area contributed by atoms with Gasteiger partial charge in [-0.05, 0) is 37.4 Å². The standard InChI is InChI=1S/C19H27N3O2/c1-2-10-24-16-6-5-9-21(13-16)11-15-12-22(14-19(20)23)18-8-4-3-7-17(15)18/h3-4,7-8,12,16H,2,5-6,9-11,13-14H2,1H3,(H2,20,23)/t16-/m1/s1. The number of aromatic nitrogens is 1. The lowest BCUT2D eigenvalue weighted by Crippen LogP contribution is -2.39. The van der Waals surface area contributed by atoms with Gasteiger partial charge in [0.05, 0.1) is 6.10 Å². The van der Waals surface area contributed by atoms with E-state index in [2.05, 4.69) is 24.1 Å². The van der Waals surface area contributed by atoms with Crippen LogP contribution in [-0.4, -0.2) is 41.2 Å². The third-order valence-corrected chi connectivity index (χ3v) is 4.61. The van der Waals surface area contributed by atoms with Gasteiger partial charge < -0.3 is 15.0 Å². The minimum Gasteiger partial charge on any atom is -0.377 e. The first-order valence-corrected chi connectivity index (χ1v) is 8.86. The maximum absolute atomic E-state index is 11.3. The number of carbonyl (C=O) groups excluding carboxylic acids is 1. The van der Waals surface area contributed by atoms with E-state index in [1.54, 1.807) is 0 Å². The summed E-state index contributed by atoms with van der Waals surface area (Å²) < 4.78 is 7.90. The molecule has 0 saturated carbocycles. The molecular formula is C19H27N3O2. The predicted molar refractivity (Wildman–Crippen MR) is 95.7 cm³/mol. The number of carbonyl (C=O) groups is 1. The Balaban J connectivity index is 1.76. The van der Waals surface area contributed by atoms with E-state index in [9.17, 15) is 4.79 Å². The van der Waals surface area contributed by atoms with Crippen molar-refractivity contribution in [3.8, 4) is 0 Å². The number of fused-ring (bicyclic) bond motifs is 1. The van der Waals surface area contributed by atoms with Crippen LogP contribution in [0.1, 0.15) is 31.7 Å². The second kappa shape index (κ2) is 7.81. The van der Waals surface area contributed by atoms with E-state index in [-0.39, 0.29) is 12.5 Å². The molecule has 5 heteroatoms. The monoisotopic (exact) mass is 329 g/mol. The van der Waals surface area contributed by atoms with Crippen LogP contribution in [0.25, 0.3) is 10.9 Å². The van der Waals surface area contributed by atoms with Crippen molar-refractivity contribution >= 4 is 16.8 Å². The van der Waals surface area contributed by atoms with Crippen molar-refractivity contribution in [2.75, 3.05) is 19.7 Å². The van der Waals surface area contributed by atoms with Gasteiger partial charge in [0.15, 0.2) is 0 Å². The normalized spacial score (nSPS) is 19.0. The maximum Gasteiger partial charge on any atom is 0.237 e. The number of rotatable bonds is 7. The number of ether oxygens (including phenoxy) is 1. The number of likely N-dealkylation sites (tertiary alicyclic amines) is 1. The van der Waals surface area contributed by atoms with Crippen molar-refractivity contribution in [3.05, 3.63) is 36.0 Å². The summed E-state index contributed by atoms with van der Waals surface area (Å²) in [4.78, 5) is 13.8. The molecule has 1 fully saturated rings. The first kappa shape index (κ1) is 17.0. The summed E-state index contributed by atoms with van der Waals surface area (Å²) in [6, 6.07) is 8.21. The lowest BCUT2D eigenvalue weighted by molar-refractivity contribution is -0.118. The molecule has 0 aliphatic carbocycles. The molecule has 0 unspecified atom stereocenters. The van der Waals surface area contributed by atoms with Crippen LogP contribution in [0.4, 0.5) is 0 Å². The van der Waals surface area contributed by atoms with Crippen LogP contribution < -0.4 is 5.73 Å². The average molecular weight is 329 g/mol. The number of nitrogens with two attached hydrogens (primary N) is 1. The number of piperidine rings is 1. The molecule has 2 heterocycles. The quantitative estimate of drug-likeness (QED) is 0.849. The highest BCUT2D eigenvalue weighted by molar-refractivity contribution is 5.85. The second-order valence-electron chi connectivity index (χ2n) is 6.64. The van der Waals surface area contributed by atoms with Crippen molar-refractivity contribution in [2.45, 2.75) is 45.4 Å². The van der Waals surface area contributed by atoms with Gasteiger partial charge in [0.2, 0.25) is 5.91 Å². The summed E-state index contributed by atoms with van der Waals surface area (Å²) in [6.07, 6.45) is 5.81. The van der Waals surface area contributed by atoms with Crippen molar-refractivity contribution in [3.63, 3.8) is 0 Å². The highest BCUT2D eigenvalue weighted by Gasteiger charge is 2.21. The minimum absolute atomic E-state index is 0.225. The van der Waals surface area contributed by atoms with E-state index in [1.165, 1.54) is 17.4 Å². The van der Waals surface area contributed by atoms with E-state index in [0.717, 1.165) is 44.6 Å². The molecule has 3 rings (SSSR count). The maximum atomic E-state index is 11.3. The lowest BCUT2D eigenvalue weighted by atomic mass is 10.1. The fourth-order valence-corrected chi connectivity index (χ4v) is 3.57. The smallest absolute Gasteiger partial charge is 0.237 e. The third-order valence-electron chi connectivity index (χ3n) is 4.61. The largest absolute Gasteiger partial charge is 0.377 e. The molecule has 1 aromatic heterocycles. The van der Waals surface area contributed by atoms with Gasteiger partial charge in [-0.3, -0.25) is 9.69 Å². The summed E-state index contributed by atoms with van der Waals surface area (Å²) >= 11 is 0. The molecule has 2 aromatic rings. The van der Waals surface area contributed by atoms with E-state index >= 15 is 0 Å². The summed E-state index contributed by atoms with van der Waals surface area (Å²) in [5, 5.41) is 1.20. The van der Waals surface area contributed by atoms with Crippen molar-refractivity contribution in [1.82, 2.24) is 9.47 Å². The minimum atomic E-state index is -0.312. The number of hydrogen-bond donors (Lipinski definition) is 1. The number of primary amides is 1. The number of para-hydroxylation sites is 1. The van der Waals surface area contributed by atoms with Gasteiger partial charge in [-0.25, -0.2) is 0 Å². The topological polar surface area (TPSA) is 60.5 Å². The highest BCUT2D eigenvalue weighted by Crippen LogP contribution is 2.24. The Morgan fingerprint density at radius 3 is 3.00 bits per heavy atom. The van der Waals surface area contributed by atoms with Gasteiger partial charge >= 0.3 is 0 Å². The summed E-state index contributed by atoms with van der Waals surface area (Å²) in [5.74, 6) is -0.312. The Kier molecular flexibility index (Phi) is 5.53. The van der Waals surface area contributed by atoms with Gasteiger partial charge in [-0.2, -0.15) is 0 Å². The van der Waals surface area contributed by atoms with Gasteiger partial charge in [0.1, 0.15) is 6.54 Å². The van der Waals surface area contributed by atoms with Gasteiger partial charge in [0, 0.05) is 36.8 Å². The third kappa shape index (κ3) is 3.97. The molecule has 1 aliphatic rings. The zero-order valence-electron chi connectivity index (χ0n) is 14.4. The van der Waals surface area contributed by atoms with Crippen molar-refractivity contribution in [1.29, 1.82) is 0 Å². The molecule has 0 bridgehead atoms. The molecule has 1 amide bonds. The SMILES string of the molecule is CCCO[C@@H]1CCCN(Cc2cn(CC(N)=O)c3ccccc23)C1. The molecule has 24 heavy (non-hydrogen) atoms. The van der Waals surface area contributed by atoms with E-state index in [4.69, 9.17) is 10.5 Å². The zero-order valence-corrected chi connectivity index (χ0v) is 14.4. The fraction of sp³-hybridized carbons (Fsp3) is 0.526. The average Bonchev–Trinajstić information content (AvgIpc) is 2.91. The van der Waals surface area contributed by atoms with Crippen LogP contribution in [0.3, 0.4) is 0 Å². The Bertz CT molecular complexity index is 695. The molecular weight excluding hydrogens is 302 g/mol. The number of nitrogens with zero attached hydrogens (tertiary/aromatic N) is 2. The Labute approximate surface area is 143 Å². The Hall–Kier alpha value is -1.85. The van der Waals surface area contributed by atoms with Gasteiger partial charge in [-0.15, -0.1) is 0 Å². The first-order chi connectivity index (χ1) is 11.7. The Morgan fingerprint density at radius 2 is 2.21 bits per heavy atom. The summed E-state index contributed by atoms with van der Waals surface area (Å²) in [6.45, 7) is 6.18. The van der Waals surface area contributed by atoms with Crippen LogP contribution >= 0.6 is 0 Å². The van der Waals surface area contributed by atoms with Crippen LogP contribution in [-0.2, 0) is 22.6 Å². The van der Waals surface area contributed by atoms with Gasteiger partial charge in [0.25, 0.3) is 0 Å². The highest BCUT2D eigenvalue weighted by atomic mass is 16.5. The number of amides is 1. The van der Waals surface area contributed by atoms with E-state index < -0.39 is 0 Å². The molecule has 2 N–H and O–H groups in total. The first-order valence-electron chi connectivity index (χ1n) is 8.86. The Morgan fingerprint density at radius 1 is 1.38 bits per heavy atom. The molecule has 1 atom stereocenters. The van der Waals surface area contributed by atoms with Crippen LogP contribution in [0.2, 0.25) is 0 Å². The summed E-state index contributed by atoms with van der Waals surface area (Å²) in [7, 11) is 0. The van der Waals surface area contributed by atoms with Gasteiger partial charge in [-0.1, -0.05) is 25.1 Å². The van der Waals surface area contributed by atoms with Crippen molar-refractivity contribution < 1.29 is 9.53 Å². The molecule has 1 aliphatic heterocycles. The zero-order chi connectivity index (χ0) is 16.9. The second-order valence-corrected chi connectivity index (χ2v) is 6.64. The molecule has 5 nitrogen and oxygen atoms in total. The van der Waals surface area contributed by atoms with Crippen LogP contribution in [0.15, 0.2) is 30.5 Å². The molecule has 1 saturated heterocycles. The van der Waals surface area contributed by atoms with E-state index in [0.29, 0.717) is 6.10 Å². The lowest BCUT2D eigenvalue weighted by Gasteiger charge is -2.32. The number of hydrogen-bond acceptors (Lipinski definition) is 3. The van der Waals surface area contributed by atoms with Crippen LogP contribution in [0.5, 0.6) is 0 Å².